The van der Waals surface area contributed by atoms with Crippen molar-refractivity contribution in [3.05, 3.63) is 30.1 Å². The van der Waals surface area contributed by atoms with Gasteiger partial charge in [-0.25, -0.2) is 4.39 Å². The van der Waals surface area contributed by atoms with Crippen LogP contribution in [-0.4, -0.2) is 12.1 Å². The summed E-state index contributed by atoms with van der Waals surface area (Å²) in [5.41, 5.74) is -0.103. The van der Waals surface area contributed by atoms with Gasteiger partial charge in [0.05, 0.1) is 0 Å². The maximum atomic E-state index is 12.3. The first-order valence-electron chi connectivity index (χ1n) is 3.53. The summed E-state index contributed by atoms with van der Waals surface area (Å²) in [5, 5.41) is 1.58. The summed E-state index contributed by atoms with van der Waals surface area (Å²) < 4.78 is 47.5. The van der Waals surface area contributed by atoms with E-state index in [4.69, 9.17) is 0 Å². The van der Waals surface area contributed by atoms with Crippen LogP contribution in [0.3, 0.4) is 0 Å². The molecular weight excluding hydrogens is 202 g/mol. The molecule has 0 aromatic heterocycles. The van der Waals surface area contributed by atoms with Crippen molar-refractivity contribution in [1.29, 1.82) is 0 Å². The molecule has 0 unspecified atom stereocenters. The molecule has 14 heavy (non-hydrogen) atoms. The number of carbonyl (C=O) groups is 1. The van der Waals surface area contributed by atoms with Crippen molar-refractivity contribution in [2.75, 3.05) is 5.32 Å². The second-order valence-electron chi connectivity index (χ2n) is 2.46. The summed E-state index contributed by atoms with van der Waals surface area (Å²) in [6, 6.07) is 3.98. The number of nitrogens with one attached hydrogen (secondary N) is 1. The summed E-state index contributed by atoms with van der Waals surface area (Å²) in [4.78, 5) is 10.4. The number of benzene rings is 1. The van der Waals surface area contributed by atoms with Crippen LogP contribution in [0.1, 0.15) is 0 Å². The number of hydrogen-bond donors (Lipinski definition) is 1. The zero-order valence-electron chi connectivity index (χ0n) is 6.73. The van der Waals surface area contributed by atoms with Gasteiger partial charge in [-0.05, 0) is 24.3 Å². The third-order valence-corrected chi connectivity index (χ3v) is 1.36. The quantitative estimate of drug-likeness (QED) is 0.703. The summed E-state index contributed by atoms with van der Waals surface area (Å²) in [6.07, 6.45) is -4.94. The molecular formula is C8H5F4NO. The fourth-order valence-corrected chi connectivity index (χ4v) is 0.735. The van der Waals surface area contributed by atoms with E-state index >= 15 is 0 Å². The van der Waals surface area contributed by atoms with E-state index in [9.17, 15) is 22.4 Å². The van der Waals surface area contributed by atoms with Gasteiger partial charge >= 0.3 is 12.1 Å². The van der Waals surface area contributed by atoms with E-state index in [1.165, 1.54) is 0 Å². The van der Waals surface area contributed by atoms with Crippen molar-refractivity contribution < 1.29 is 22.4 Å². The number of halogens is 4. The first kappa shape index (κ1) is 10.5. The standard InChI is InChI=1S/C8H5F4NO/c9-5-1-3-6(4-2-5)13-7(14)8(10,11)12/h1-4H,(H,13,14). The predicted octanol–water partition coefficient (Wildman–Crippen LogP) is 2.33. The number of alkyl halides is 3. The maximum absolute atomic E-state index is 12.3. The second-order valence-corrected chi connectivity index (χ2v) is 2.46. The highest BCUT2D eigenvalue weighted by Gasteiger charge is 2.38. The SMILES string of the molecule is O=C(Nc1ccc(F)cc1)C(F)(F)F. The van der Waals surface area contributed by atoms with Crippen LogP contribution in [0, 0.1) is 5.82 Å². The van der Waals surface area contributed by atoms with E-state index in [0.29, 0.717) is 0 Å². The molecule has 0 bridgehead atoms. The van der Waals surface area contributed by atoms with Crippen LogP contribution in [0.15, 0.2) is 24.3 Å². The van der Waals surface area contributed by atoms with Crippen LogP contribution in [0.2, 0.25) is 0 Å². The Morgan fingerprint density at radius 3 is 2.07 bits per heavy atom. The fraction of sp³-hybridized carbons (Fsp3) is 0.125. The molecule has 1 aromatic carbocycles. The van der Waals surface area contributed by atoms with Crippen molar-refractivity contribution in [2.45, 2.75) is 6.18 Å². The molecule has 1 aromatic rings. The first-order chi connectivity index (χ1) is 6.39. The lowest BCUT2D eigenvalue weighted by atomic mass is 10.3. The zero-order valence-corrected chi connectivity index (χ0v) is 6.73. The number of amides is 1. The average molecular weight is 207 g/mol. The highest BCUT2D eigenvalue weighted by Crippen LogP contribution is 2.18. The maximum Gasteiger partial charge on any atom is 0.471 e. The van der Waals surface area contributed by atoms with Crippen LogP contribution in [0.4, 0.5) is 23.2 Å². The Kier molecular flexibility index (Phi) is 2.73. The molecule has 0 heterocycles. The predicted molar refractivity (Wildman–Crippen MR) is 41.1 cm³/mol. The Bertz CT molecular complexity index is 330. The van der Waals surface area contributed by atoms with Gasteiger partial charge in [-0.15, -0.1) is 0 Å². The lowest BCUT2D eigenvalue weighted by Gasteiger charge is -2.07. The first-order valence-corrected chi connectivity index (χ1v) is 3.53. The molecule has 0 saturated carbocycles. The van der Waals surface area contributed by atoms with Crippen LogP contribution >= 0.6 is 0 Å². The monoisotopic (exact) mass is 207 g/mol. The largest absolute Gasteiger partial charge is 0.471 e. The van der Waals surface area contributed by atoms with Gasteiger partial charge < -0.3 is 5.32 Å². The Balaban J connectivity index is 2.71. The summed E-state index contributed by atoms with van der Waals surface area (Å²) in [6.45, 7) is 0. The minimum atomic E-state index is -4.94. The summed E-state index contributed by atoms with van der Waals surface area (Å²) in [5.74, 6) is -2.67. The van der Waals surface area contributed by atoms with Crippen molar-refractivity contribution in [2.24, 2.45) is 0 Å². The molecule has 0 aliphatic rings. The van der Waals surface area contributed by atoms with Gasteiger partial charge in [0.15, 0.2) is 0 Å². The third-order valence-electron chi connectivity index (χ3n) is 1.36. The molecule has 0 saturated heterocycles. The van der Waals surface area contributed by atoms with Gasteiger partial charge in [0.1, 0.15) is 5.82 Å². The van der Waals surface area contributed by atoms with E-state index < -0.39 is 17.9 Å². The molecule has 76 valence electrons. The topological polar surface area (TPSA) is 29.1 Å². The fourth-order valence-electron chi connectivity index (χ4n) is 0.735. The van der Waals surface area contributed by atoms with Crippen LogP contribution < -0.4 is 5.32 Å². The molecule has 1 N–H and O–H groups in total. The Hall–Kier alpha value is -1.59. The Labute approximate surface area is 76.5 Å². The highest BCUT2D eigenvalue weighted by molar-refractivity contribution is 5.94. The lowest BCUT2D eigenvalue weighted by Crippen LogP contribution is -2.29. The van der Waals surface area contributed by atoms with Crippen LogP contribution in [0.5, 0.6) is 0 Å². The summed E-state index contributed by atoms with van der Waals surface area (Å²) >= 11 is 0. The smallest absolute Gasteiger partial charge is 0.318 e. The summed E-state index contributed by atoms with van der Waals surface area (Å²) in [7, 11) is 0. The molecule has 6 heteroatoms. The average Bonchev–Trinajstić information content (AvgIpc) is 2.07. The van der Waals surface area contributed by atoms with E-state index in [1.54, 1.807) is 5.32 Å². The third kappa shape index (κ3) is 2.72. The minimum Gasteiger partial charge on any atom is -0.318 e. The number of hydrogen-bond acceptors (Lipinski definition) is 1. The van der Waals surface area contributed by atoms with Crippen molar-refractivity contribution in [3.63, 3.8) is 0 Å². The molecule has 2 nitrogen and oxygen atoms in total. The van der Waals surface area contributed by atoms with E-state index in [1.807, 2.05) is 0 Å². The number of anilines is 1. The number of carbonyl (C=O) groups excluding carboxylic acids is 1. The van der Waals surface area contributed by atoms with Crippen molar-refractivity contribution in [3.8, 4) is 0 Å². The zero-order chi connectivity index (χ0) is 10.8. The molecule has 0 fully saturated rings. The second kappa shape index (κ2) is 3.65. The highest BCUT2D eigenvalue weighted by atomic mass is 19.4. The van der Waals surface area contributed by atoms with Gasteiger partial charge in [-0.2, -0.15) is 13.2 Å². The molecule has 1 amide bonds. The van der Waals surface area contributed by atoms with Crippen LogP contribution in [0.25, 0.3) is 0 Å². The van der Waals surface area contributed by atoms with E-state index in [-0.39, 0.29) is 5.69 Å². The van der Waals surface area contributed by atoms with Gasteiger partial charge in [0, 0.05) is 5.69 Å². The molecule has 0 aliphatic heterocycles. The van der Waals surface area contributed by atoms with Gasteiger partial charge in [-0.3, -0.25) is 4.79 Å². The van der Waals surface area contributed by atoms with Crippen molar-refractivity contribution in [1.82, 2.24) is 0 Å². The Morgan fingerprint density at radius 1 is 1.14 bits per heavy atom. The van der Waals surface area contributed by atoms with Gasteiger partial charge in [0.2, 0.25) is 0 Å². The molecule has 0 radical (unpaired) electrons. The molecule has 0 atom stereocenters. The number of rotatable bonds is 1. The van der Waals surface area contributed by atoms with Crippen molar-refractivity contribution >= 4 is 11.6 Å². The van der Waals surface area contributed by atoms with E-state index in [2.05, 4.69) is 0 Å². The van der Waals surface area contributed by atoms with E-state index in [0.717, 1.165) is 24.3 Å². The van der Waals surface area contributed by atoms with Crippen LogP contribution in [-0.2, 0) is 4.79 Å². The van der Waals surface area contributed by atoms with Gasteiger partial charge in [0.25, 0.3) is 0 Å². The Morgan fingerprint density at radius 2 is 1.64 bits per heavy atom. The molecule has 1 rings (SSSR count). The minimum absolute atomic E-state index is 0.103. The van der Waals surface area contributed by atoms with Gasteiger partial charge in [-0.1, -0.05) is 0 Å². The normalized spacial score (nSPS) is 11.1. The molecule has 0 spiro atoms. The lowest BCUT2D eigenvalue weighted by molar-refractivity contribution is -0.167. The molecule has 0 aliphatic carbocycles.